The summed E-state index contributed by atoms with van der Waals surface area (Å²) in [4.78, 5) is 12.8. The highest BCUT2D eigenvalue weighted by Gasteiger charge is 2.23. The lowest BCUT2D eigenvalue weighted by Crippen LogP contribution is -2.35. The molecule has 27 heavy (non-hydrogen) atoms. The highest BCUT2D eigenvalue weighted by atomic mass is 19.1. The van der Waals surface area contributed by atoms with Gasteiger partial charge in [-0.1, -0.05) is 30.3 Å². The molecule has 1 atom stereocenters. The molecule has 0 aliphatic heterocycles. The summed E-state index contributed by atoms with van der Waals surface area (Å²) in [6.45, 7) is 0.917. The second-order valence-corrected chi connectivity index (χ2v) is 6.11. The number of benzene rings is 2. The van der Waals surface area contributed by atoms with Crippen molar-refractivity contribution in [3.8, 4) is 0 Å². The number of carbonyl (C=O) groups excluding carboxylic acids is 1. The minimum Gasteiger partial charge on any atom is -0.352 e. The van der Waals surface area contributed by atoms with Crippen molar-refractivity contribution in [3.05, 3.63) is 78.5 Å². The number of aromatic nitrogens is 5. The van der Waals surface area contributed by atoms with E-state index in [9.17, 15) is 9.18 Å². The van der Waals surface area contributed by atoms with Crippen LogP contribution in [0.2, 0.25) is 0 Å². The van der Waals surface area contributed by atoms with E-state index in [1.54, 1.807) is 6.07 Å². The van der Waals surface area contributed by atoms with Gasteiger partial charge < -0.3 is 9.88 Å². The Morgan fingerprint density at radius 3 is 2.78 bits per heavy atom. The largest absolute Gasteiger partial charge is 0.352 e. The maximum Gasteiger partial charge on any atom is 0.249 e. The minimum atomic E-state index is -0.653. The third-order valence-corrected chi connectivity index (χ3v) is 4.38. The lowest BCUT2D eigenvalue weighted by molar-refractivity contribution is -0.123. The van der Waals surface area contributed by atoms with Crippen molar-refractivity contribution < 1.29 is 9.18 Å². The topological polar surface area (TPSA) is 77.6 Å². The molecule has 2 aromatic heterocycles. The zero-order chi connectivity index (χ0) is 18.6. The predicted octanol–water partition coefficient (Wildman–Crippen LogP) is 2.17. The summed E-state index contributed by atoms with van der Waals surface area (Å²) in [7, 11) is 0. The Bertz CT molecular complexity index is 1040. The monoisotopic (exact) mass is 364 g/mol. The Labute approximate surface area is 154 Å². The molecule has 0 radical (unpaired) electrons. The normalized spacial score (nSPS) is 12.2. The van der Waals surface area contributed by atoms with E-state index in [0.717, 1.165) is 16.5 Å². The molecule has 1 N–H and O–H groups in total. The van der Waals surface area contributed by atoms with Crippen LogP contribution in [-0.2, 0) is 11.3 Å². The van der Waals surface area contributed by atoms with Crippen molar-refractivity contribution in [1.82, 2.24) is 30.1 Å². The van der Waals surface area contributed by atoms with E-state index in [0.29, 0.717) is 13.1 Å². The Balaban J connectivity index is 1.48. The standard InChI is InChI=1S/C19H17FN6O/c20-16-7-6-14-8-10-25(17(14)12-16)11-9-21-19(27)18(26-13-22-23-24-26)15-4-2-1-3-5-15/h1-8,10,12-13,18H,9,11H2,(H,21,27)/t18-/m1/s1. The zero-order valence-corrected chi connectivity index (χ0v) is 14.4. The summed E-state index contributed by atoms with van der Waals surface area (Å²) >= 11 is 0. The van der Waals surface area contributed by atoms with Crippen LogP contribution in [-0.4, -0.2) is 37.2 Å². The first-order valence-electron chi connectivity index (χ1n) is 8.52. The molecular formula is C19H17FN6O. The Kier molecular flexibility index (Phi) is 4.61. The molecule has 4 aromatic rings. The first-order valence-corrected chi connectivity index (χ1v) is 8.52. The number of halogens is 1. The number of hydrogen-bond donors (Lipinski definition) is 1. The van der Waals surface area contributed by atoms with Crippen LogP contribution in [0.5, 0.6) is 0 Å². The van der Waals surface area contributed by atoms with Gasteiger partial charge in [-0.2, -0.15) is 0 Å². The molecule has 2 aromatic carbocycles. The van der Waals surface area contributed by atoms with Crippen molar-refractivity contribution in [3.63, 3.8) is 0 Å². The quantitative estimate of drug-likeness (QED) is 0.569. The van der Waals surface area contributed by atoms with Gasteiger partial charge in [-0.05, 0) is 45.6 Å². The number of tetrazole rings is 1. The number of rotatable bonds is 6. The van der Waals surface area contributed by atoms with Gasteiger partial charge in [0.15, 0.2) is 6.04 Å². The van der Waals surface area contributed by atoms with Crippen molar-refractivity contribution in [1.29, 1.82) is 0 Å². The van der Waals surface area contributed by atoms with Gasteiger partial charge in [0.1, 0.15) is 12.1 Å². The third kappa shape index (κ3) is 3.55. The lowest BCUT2D eigenvalue weighted by Gasteiger charge is -2.17. The van der Waals surface area contributed by atoms with Gasteiger partial charge in [-0.25, -0.2) is 9.07 Å². The summed E-state index contributed by atoms with van der Waals surface area (Å²) in [5.41, 5.74) is 1.58. The smallest absolute Gasteiger partial charge is 0.249 e. The van der Waals surface area contributed by atoms with E-state index in [1.807, 2.05) is 47.2 Å². The van der Waals surface area contributed by atoms with E-state index in [-0.39, 0.29) is 11.7 Å². The molecular weight excluding hydrogens is 347 g/mol. The fourth-order valence-electron chi connectivity index (χ4n) is 3.09. The summed E-state index contributed by atoms with van der Waals surface area (Å²) in [5.74, 6) is -0.495. The van der Waals surface area contributed by atoms with Crippen molar-refractivity contribution in [2.45, 2.75) is 12.6 Å². The maximum absolute atomic E-state index is 13.5. The number of carbonyl (C=O) groups is 1. The number of hydrogen-bond acceptors (Lipinski definition) is 4. The van der Waals surface area contributed by atoms with Crippen LogP contribution in [0.25, 0.3) is 10.9 Å². The fourth-order valence-corrected chi connectivity index (χ4v) is 3.09. The Hall–Kier alpha value is -3.55. The van der Waals surface area contributed by atoms with Gasteiger partial charge in [-0.3, -0.25) is 4.79 Å². The summed E-state index contributed by atoms with van der Waals surface area (Å²) in [5, 5.41) is 15.0. The van der Waals surface area contributed by atoms with Crippen LogP contribution < -0.4 is 5.32 Å². The molecule has 8 heteroatoms. The number of nitrogens with one attached hydrogen (secondary N) is 1. The van der Waals surface area contributed by atoms with Crippen LogP contribution in [0, 0.1) is 5.82 Å². The Morgan fingerprint density at radius 1 is 1.15 bits per heavy atom. The van der Waals surface area contributed by atoms with Gasteiger partial charge in [0.05, 0.1) is 5.52 Å². The molecule has 136 valence electrons. The molecule has 0 fully saturated rings. The zero-order valence-electron chi connectivity index (χ0n) is 14.4. The van der Waals surface area contributed by atoms with Crippen molar-refractivity contribution in [2.24, 2.45) is 0 Å². The fraction of sp³-hybridized carbons (Fsp3) is 0.158. The van der Waals surface area contributed by atoms with Gasteiger partial charge in [0, 0.05) is 19.3 Å². The molecule has 0 aliphatic rings. The van der Waals surface area contributed by atoms with Crippen LogP contribution in [0.4, 0.5) is 4.39 Å². The van der Waals surface area contributed by atoms with E-state index in [1.165, 1.54) is 23.1 Å². The predicted molar refractivity (Wildman–Crippen MR) is 97.3 cm³/mol. The first kappa shape index (κ1) is 16.9. The van der Waals surface area contributed by atoms with Crippen LogP contribution >= 0.6 is 0 Å². The molecule has 0 saturated carbocycles. The Morgan fingerprint density at radius 2 is 2.00 bits per heavy atom. The highest BCUT2D eigenvalue weighted by molar-refractivity contribution is 5.83. The number of nitrogens with zero attached hydrogens (tertiary/aromatic N) is 5. The highest BCUT2D eigenvalue weighted by Crippen LogP contribution is 2.18. The molecule has 0 saturated heterocycles. The van der Waals surface area contributed by atoms with Crippen LogP contribution in [0.15, 0.2) is 67.1 Å². The van der Waals surface area contributed by atoms with Crippen molar-refractivity contribution >= 4 is 16.8 Å². The average Bonchev–Trinajstić information content (AvgIpc) is 3.33. The third-order valence-electron chi connectivity index (χ3n) is 4.38. The first-order chi connectivity index (χ1) is 13.2. The van der Waals surface area contributed by atoms with E-state index < -0.39 is 6.04 Å². The van der Waals surface area contributed by atoms with E-state index in [2.05, 4.69) is 20.8 Å². The summed E-state index contributed by atoms with van der Waals surface area (Å²) in [6, 6.07) is 15.3. The van der Waals surface area contributed by atoms with Crippen LogP contribution in [0.3, 0.4) is 0 Å². The molecule has 7 nitrogen and oxygen atoms in total. The van der Waals surface area contributed by atoms with Gasteiger partial charge in [-0.15, -0.1) is 5.10 Å². The molecule has 0 bridgehead atoms. The number of amides is 1. The van der Waals surface area contributed by atoms with E-state index in [4.69, 9.17) is 0 Å². The molecule has 0 aliphatic carbocycles. The number of fused-ring (bicyclic) bond motifs is 1. The van der Waals surface area contributed by atoms with Gasteiger partial charge in [0.2, 0.25) is 5.91 Å². The summed E-state index contributed by atoms with van der Waals surface area (Å²) < 4.78 is 16.8. The maximum atomic E-state index is 13.5. The average molecular weight is 364 g/mol. The molecule has 4 rings (SSSR count). The van der Waals surface area contributed by atoms with Crippen LogP contribution in [0.1, 0.15) is 11.6 Å². The lowest BCUT2D eigenvalue weighted by atomic mass is 10.1. The van der Waals surface area contributed by atoms with Gasteiger partial charge >= 0.3 is 0 Å². The van der Waals surface area contributed by atoms with E-state index >= 15 is 0 Å². The van der Waals surface area contributed by atoms with Gasteiger partial charge in [0.25, 0.3) is 0 Å². The van der Waals surface area contributed by atoms with Crippen molar-refractivity contribution in [2.75, 3.05) is 6.54 Å². The SMILES string of the molecule is O=C(NCCn1ccc2ccc(F)cc21)[C@@H](c1ccccc1)n1cnnn1. The molecule has 0 spiro atoms. The molecule has 2 heterocycles. The second kappa shape index (κ2) is 7.36. The molecule has 0 unspecified atom stereocenters. The minimum absolute atomic E-state index is 0.212. The molecule has 1 amide bonds. The summed E-state index contributed by atoms with van der Waals surface area (Å²) in [6.07, 6.45) is 3.30. The second-order valence-electron chi connectivity index (χ2n) is 6.11.